The van der Waals surface area contributed by atoms with Crippen molar-refractivity contribution in [2.24, 2.45) is 0 Å². The number of aliphatic carboxylic acids is 1. The molecule has 0 saturated heterocycles. The van der Waals surface area contributed by atoms with E-state index in [9.17, 15) is 4.79 Å². The fourth-order valence-electron chi connectivity index (χ4n) is 2.71. The zero-order chi connectivity index (χ0) is 19.1. The highest BCUT2D eigenvalue weighted by Crippen LogP contribution is 2.29. The van der Waals surface area contributed by atoms with Crippen molar-refractivity contribution in [2.45, 2.75) is 19.4 Å². The van der Waals surface area contributed by atoms with E-state index in [1.165, 1.54) is 0 Å². The van der Waals surface area contributed by atoms with Gasteiger partial charge in [0, 0.05) is 18.1 Å². The Balaban J connectivity index is 1.66. The van der Waals surface area contributed by atoms with Crippen LogP contribution in [0.4, 0.5) is 0 Å². The number of methoxy groups -OCH3 is 1. The van der Waals surface area contributed by atoms with Crippen molar-refractivity contribution >= 4 is 5.97 Å². The highest BCUT2D eigenvalue weighted by atomic mass is 16.5. The lowest BCUT2D eigenvalue weighted by Crippen LogP contribution is -2.00. The largest absolute Gasteiger partial charge is 0.496 e. The van der Waals surface area contributed by atoms with Crippen molar-refractivity contribution in [2.75, 3.05) is 7.11 Å². The molecule has 1 aromatic heterocycles. The molecule has 5 nitrogen and oxygen atoms in total. The summed E-state index contributed by atoms with van der Waals surface area (Å²) >= 11 is 0. The molecule has 0 saturated carbocycles. The summed E-state index contributed by atoms with van der Waals surface area (Å²) in [7, 11) is 1.64. The van der Waals surface area contributed by atoms with Gasteiger partial charge in [-0.05, 0) is 35.7 Å². The summed E-state index contributed by atoms with van der Waals surface area (Å²) in [5.41, 5.74) is 3.69. The normalized spacial score (nSPS) is 10.4. The Kier molecular flexibility index (Phi) is 6.05. The monoisotopic (exact) mass is 363 g/mol. The Bertz CT molecular complexity index is 906. The second-order valence-corrected chi connectivity index (χ2v) is 6.06. The van der Waals surface area contributed by atoms with Crippen molar-refractivity contribution in [1.29, 1.82) is 0 Å². The van der Waals surface area contributed by atoms with Crippen LogP contribution in [0.25, 0.3) is 11.3 Å². The number of pyridine rings is 1. The molecule has 0 aliphatic rings. The molecule has 0 spiro atoms. The summed E-state index contributed by atoms with van der Waals surface area (Å²) in [6.45, 7) is 0.390. The number of carboxylic acid groups (broad SMARTS) is 1. The van der Waals surface area contributed by atoms with E-state index in [0.29, 0.717) is 18.9 Å². The molecule has 0 atom stereocenters. The predicted molar refractivity (Wildman–Crippen MR) is 103 cm³/mol. The van der Waals surface area contributed by atoms with Gasteiger partial charge in [0.1, 0.15) is 12.4 Å². The van der Waals surface area contributed by atoms with Crippen molar-refractivity contribution < 1.29 is 19.4 Å². The molecule has 0 radical (unpaired) electrons. The van der Waals surface area contributed by atoms with Gasteiger partial charge in [0.15, 0.2) is 0 Å². The van der Waals surface area contributed by atoms with Gasteiger partial charge in [-0.3, -0.25) is 4.79 Å². The van der Waals surface area contributed by atoms with E-state index in [0.717, 1.165) is 28.1 Å². The zero-order valence-electron chi connectivity index (χ0n) is 15.1. The minimum absolute atomic E-state index is 0.134. The van der Waals surface area contributed by atoms with E-state index in [2.05, 4.69) is 4.98 Å². The molecule has 0 bridgehead atoms. The Morgan fingerprint density at radius 2 is 1.70 bits per heavy atom. The van der Waals surface area contributed by atoms with Gasteiger partial charge < -0.3 is 14.6 Å². The Morgan fingerprint density at radius 1 is 0.963 bits per heavy atom. The van der Waals surface area contributed by atoms with Crippen LogP contribution in [0.1, 0.15) is 17.5 Å². The number of hydrogen-bond donors (Lipinski definition) is 1. The molecule has 0 unspecified atom stereocenters. The second-order valence-electron chi connectivity index (χ2n) is 6.06. The van der Waals surface area contributed by atoms with Gasteiger partial charge >= 0.3 is 5.97 Å². The van der Waals surface area contributed by atoms with Gasteiger partial charge in [0.2, 0.25) is 5.88 Å². The molecule has 0 fully saturated rings. The first-order valence-electron chi connectivity index (χ1n) is 8.68. The molecular weight excluding hydrogens is 342 g/mol. The van der Waals surface area contributed by atoms with Crippen LogP contribution in [0.5, 0.6) is 11.6 Å². The average Bonchev–Trinajstić information content (AvgIpc) is 2.71. The van der Waals surface area contributed by atoms with Crippen LogP contribution in [0.15, 0.2) is 66.7 Å². The zero-order valence-corrected chi connectivity index (χ0v) is 15.1. The number of hydrogen-bond acceptors (Lipinski definition) is 4. The van der Waals surface area contributed by atoms with Crippen molar-refractivity contribution in [3.05, 3.63) is 77.9 Å². The second kappa shape index (κ2) is 8.85. The third kappa shape index (κ3) is 5.07. The molecule has 1 N–H and O–H groups in total. The van der Waals surface area contributed by atoms with Crippen LogP contribution in [0, 0.1) is 0 Å². The average molecular weight is 363 g/mol. The molecule has 27 heavy (non-hydrogen) atoms. The summed E-state index contributed by atoms with van der Waals surface area (Å²) in [6.07, 6.45) is 0.661. The maximum atomic E-state index is 10.6. The Hall–Kier alpha value is -3.34. The Labute approximate surface area is 158 Å². The van der Waals surface area contributed by atoms with E-state index in [1.807, 2.05) is 66.7 Å². The van der Waals surface area contributed by atoms with Crippen LogP contribution in [0.3, 0.4) is 0 Å². The third-order valence-electron chi connectivity index (χ3n) is 4.14. The summed E-state index contributed by atoms with van der Waals surface area (Å²) in [5, 5.41) is 8.74. The number of aryl methyl sites for hydroxylation is 1. The molecule has 0 aliphatic heterocycles. The van der Waals surface area contributed by atoms with Crippen LogP contribution in [-0.2, 0) is 17.8 Å². The first-order valence-corrected chi connectivity index (χ1v) is 8.68. The number of para-hydroxylation sites is 1. The van der Waals surface area contributed by atoms with Crippen LogP contribution >= 0.6 is 0 Å². The lowest BCUT2D eigenvalue weighted by atomic mass is 10.1. The molecular formula is C22H21NO4. The number of carbonyl (C=O) groups is 1. The van der Waals surface area contributed by atoms with Crippen molar-refractivity contribution in [3.63, 3.8) is 0 Å². The van der Waals surface area contributed by atoms with E-state index >= 15 is 0 Å². The lowest BCUT2D eigenvalue weighted by molar-refractivity contribution is -0.136. The molecule has 5 heteroatoms. The number of carboxylic acids is 1. The van der Waals surface area contributed by atoms with Crippen LogP contribution in [-0.4, -0.2) is 23.2 Å². The third-order valence-corrected chi connectivity index (χ3v) is 4.14. The van der Waals surface area contributed by atoms with Crippen molar-refractivity contribution in [1.82, 2.24) is 4.98 Å². The van der Waals surface area contributed by atoms with Gasteiger partial charge in [-0.15, -0.1) is 0 Å². The van der Waals surface area contributed by atoms with Gasteiger partial charge in [0.25, 0.3) is 0 Å². The SMILES string of the molecule is COc1ccccc1-c1cccc(OCc2ccc(CCC(=O)O)cc2)n1. The number of nitrogens with zero attached hydrogens (tertiary/aromatic N) is 1. The smallest absolute Gasteiger partial charge is 0.303 e. The summed E-state index contributed by atoms with van der Waals surface area (Å²) in [4.78, 5) is 15.2. The van der Waals surface area contributed by atoms with Gasteiger partial charge in [-0.1, -0.05) is 42.5 Å². The summed E-state index contributed by atoms with van der Waals surface area (Å²) in [6, 6.07) is 21.1. The fraction of sp³-hybridized carbons (Fsp3) is 0.182. The summed E-state index contributed by atoms with van der Waals surface area (Å²) in [5.74, 6) is 0.510. The molecule has 138 valence electrons. The number of aromatic nitrogens is 1. The highest BCUT2D eigenvalue weighted by Gasteiger charge is 2.08. The maximum Gasteiger partial charge on any atom is 0.303 e. The fourth-order valence-corrected chi connectivity index (χ4v) is 2.71. The molecule has 3 aromatic rings. The number of ether oxygens (including phenoxy) is 2. The predicted octanol–water partition coefficient (Wildman–Crippen LogP) is 4.35. The van der Waals surface area contributed by atoms with E-state index < -0.39 is 5.97 Å². The van der Waals surface area contributed by atoms with Crippen LogP contribution in [0.2, 0.25) is 0 Å². The standard InChI is InChI=1S/C22H21NO4/c1-26-20-7-3-2-5-18(20)19-6-4-8-21(23-19)27-15-17-11-9-16(10-12-17)13-14-22(24)25/h2-12H,13-15H2,1H3,(H,24,25). The molecule has 0 amide bonds. The minimum atomic E-state index is -0.789. The minimum Gasteiger partial charge on any atom is -0.496 e. The first-order chi connectivity index (χ1) is 13.2. The molecule has 0 aliphatic carbocycles. The van der Waals surface area contributed by atoms with Gasteiger partial charge in [-0.25, -0.2) is 4.98 Å². The summed E-state index contributed by atoms with van der Waals surface area (Å²) < 4.78 is 11.2. The molecule has 1 heterocycles. The number of rotatable bonds is 8. The van der Waals surface area contributed by atoms with E-state index in [1.54, 1.807) is 7.11 Å². The lowest BCUT2D eigenvalue weighted by Gasteiger charge is -2.10. The van der Waals surface area contributed by atoms with Gasteiger partial charge in [-0.2, -0.15) is 0 Å². The van der Waals surface area contributed by atoms with Crippen LogP contribution < -0.4 is 9.47 Å². The van der Waals surface area contributed by atoms with E-state index in [4.69, 9.17) is 14.6 Å². The molecule has 2 aromatic carbocycles. The maximum absolute atomic E-state index is 10.6. The quantitative estimate of drug-likeness (QED) is 0.644. The highest BCUT2D eigenvalue weighted by molar-refractivity contribution is 5.67. The number of benzene rings is 2. The topological polar surface area (TPSA) is 68.7 Å². The van der Waals surface area contributed by atoms with Crippen molar-refractivity contribution in [3.8, 4) is 22.9 Å². The van der Waals surface area contributed by atoms with Gasteiger partial charge in [0.05, 0.1) is 12.8 Å². The first kappa shape index (κ1) is 18.5. The van der Waals surface area contributed by atoms with E-state index in [-0.39, 0.29) is 6.42 Å². The molecule has 3 rings (SSSR count). The Morgan fingerprint density at radius 3 is 2.44 bits per heavy atom.